The monoisotopic (exact) mass is 817 g/mol. The van der Waals surface area contributed by atoms with E-state index in [1.165, 1.54) is 12.2 Å². The standard InChI is InChI=1S/C48H28ClN7O5/c1-61-56(29-17-13-26(49)14-18-29)40-21-25-7-2-3-8-30(25)44(46(40)59)54-52-28-16-20-32-31-19-15-27(22-35(31)45(58)36(32)23-28)51-53-43-33-9-6-10-34-42(33)37(24-41(43)57)47-50-38-11-4-5-12-39(38)55(47)48(34)60/h2-24,57,59H,1H3. The first-order valence-corrected chi connectivity index (χ1v) is 19.5. The molecule has 0 saturated heterocycles. The van der Waals surface area contributed by atoms with E-state index in [0.717, 1.165) is 16.5 Å². The molecule has 12 nitrogen and oxygen atoms in total. The number of ketones is 1. The Morgan fingerprint density at radius 3 is 2.03 bits per heavy atom. The number of benzene rings is 8. The molecular weight excluding hydrogens is 790 g/mol. The summed E-state index contributed by atoms with van der Waals surface area (Å²) < 4.78 is 1.57. The number of anilines is 2. The van der Waals surface area contributed by atoms with Crippen LogP contribution in [0.15, 0.2) is 165 Å². The number of hydrogen-bond acceptors (Lipinski definition) is 11. The Morgan fingerprint density at radius 2 is 1.30 bits per heavy atom. The van der Waals surface area contributed by atoms with Gasteiger partial charge in [0.05, 0.1) is 35.2 Å². The first-order valence-electron chi connectivity index (χ1n) is 19.1. The van der Waals surface area contributed by atoms with Crippen LogP contribution in [0.2, 0.25) is 5.02 Å². The number of azo groups is 2. The molecule has 1 aliphatic carbocycles. The number of aromatic hydroxyl groups is 2. The largest absolute Gasteiger partial charge is 0.506 e. The normalized spacial score (nSPS) is 12.6. The smallest absolute Gasteiger partial charge is 0.264 e. The Bertz CT molecular complexity index is 3620. The quantitative estimate of drug-likeness (QED) is 0.120. The number of hydrogen-bond donors (Lipinski definition) is 2. The molecule has 0 radical (unpaired) electrons. The van der Waals surface area contributed by atoms with Crippen LogP contribution in [0.4, 0.5) is 34.1 Å². The summed E-state index contributed by atoms with van der Waals surface area (Å²) in [6.07, 6.45) is 0. The van der Waals surface area contributed by atoms with Crippen LogP contribution in [-0.4, -0.2) is 32.5 Å². The molecule has 292 valence electrons. The SMILES string of the molecule is CON(c1ccc(Cl)cc1)c1cc2ccccc2c(N=Nc2ccc3c(c2)C(=O)c2cc(N=Nc4c(O)cc5c6c4cccc6c(=O)n4c6ccccc6nc54)ccc2-3)c1O. The minimum atomic E-state index is -0.223. The molecule has 1 aliphatic rings. The van der Waals surface area contributed by atoms with Gasteiger partial charge in [-0.15, -0.1) is 10.2 Å². The van der Waals surface area contributed by atoms with Crippen molar-refractivity contribution < 1.29 is 19.8 Å². The number of nitrogens with zero attached hydrogens (tertiary/aromatic N) is 7. The number of para-hydroxylation sites is 2. The molecule has 0 unspecified atom stereocenters. The number of pyridine rings is 1. The summed E-state index contributed by atoms with van der Waals surface area (Å²) in [6.45, 7) is 0. The first-order chi connectivity index (χ1) is 29.8. The molecule has 13 heteroatoms. The maximum absolute atomic E-state index is 13.9. The fourth-order valence-electron chi connectivity index (χ4n) is 8.32. The van der Waals surface area contributed by atoms with E-state index in [1.54, 1.807) is 83.3 Å². The third kappa shape index (κ3) is 5.61. The Kier molecular flexibility index (Phi) is 8.14. The highest BCUT2D eigenvalue weighted by Gasteiger charge is 2.28. The molecule has 2 N–H and O–H groups in total. The van der Waals surface area contributed by atoms with E-state index >= 15 is 0 Å². The Labute approximate surface area is 349 Å². The lowest BCUT2D eigenvalue weighted by Crippen LogP contribution is -2.15. The number of phenolic OH excluding ortho intramolecular Hbond substituents is 2. The molecule has 8 aromatic carbocycles. The van der Waals surface area contributed by atoms with Gasteiger partial charge in [0.2, 0.25) is 0 Å². The van der Waals surface area contributed by atoms with Gasteiger partial charge in [0.15, 0.2) is 11.5 Å². The van der Waals surface area contributed by atoms with Crippen molar-refractivity contribution in [2.75, 3.05) is 12.2 Å². The van der Waals surface area contributed by atoms with Crippen LogP contribution in [-0.2, 0) is 4.84 Å². The molecule has 10 aromatic rings. The van der Waals surface area contributed by atoms with Crippen molar-refractivity contribution in [1.29, 1.82) is 0 Å². The van der Waals surface area contributed by atoms with Gasteiger partial charge < -0.3 is 10.2 Å². The maximum atomic E-state index is 13.9. The molecule has 11 rings (SSSR count). The summed E-state index contributed by atoms with van der Waals surface area (Å²) in [5.74, 6) is -0.506. The lowest BCUT2D eigenvalue weighted by atomic mass is 10.0. The number of rotatable bonds is 7. The van der Waals surface area contributed by atoms with Crippen molar-refractivity contribution in [3.8, 4) is 22.6 Å². The van der Waals surface area contributed by atoms with Crippen molar-refractivity contribution >= 4 is 101 Å². The zero-order valence-corrected chi connectivity index (χ0v) is 32.7. The summed E-state index contributed by atoms with van der Waals surface area (Å²) in [5.41, 5.74) is 6.10. The third-order valence-corrected chi connectivity index (χ3v) is 11.4. The van der Waals surface area contributed by atoms with E-state index in [0.29, 0.717) is 82.5 Å². The fourth-order valence-corrected chi connectivity index (χ4v) is 8.45. The van der Waals surface area contributed by atoms with Crippen LogP contribution in [0.5, 0.6) is 11.5 Å². The number of aromatic nitrogens is 2. The number of halogens is 1. The second kappa shape index (κ2) is 13.8. The van der Waals surface area contributed by atoms with Crippen LogP contribution in [0.25, 0.3) is 60.1 Å². The molecule has 0 bridgehead atoms. The molecule has 0 atom stereocenters. The Morgan fingerprint density at radius 1 is 0.639 bits per heavy atom. The molecule has 61 heavy (non-hydrogen) atoms. The average molecular weight is 818 g/mol. The molecule has 0 fully saturated rings. The minimum Gasteiger partial charge on any atom is -0.506 e. The van der Waals surface area contributed by atoms with E-state index < -0.39 is 0 Å². The second-order valence-electron chi connectivity index (χ2n) is 14.5. The predicted molar refractivity (Wildman–Crippen MR) is 237 cm³/mol. The molecule has 0 saturated carbocycles. The summed E-state index contributed by atoms with van der Waals surface area (Å²) in [6, 6.07) is 41.0. The van der Waals surface area contributed by atoms with Gasteiger partial charge in [-0.05, 0) is 95.4 Å². The van der Waals surface area contributed by atoms with Crippen molar-refractivity contribution in [2.45, 2.75) is 0 Å². The zero-order valence-electron chi connectivity index (χ0n) is 31.9. The van der Waals surface area contributed by atoms with Crippen molar-refractivity contribution in [1.82, 2.24) is 9.38 Å². The number of carbonyl (C=O) groups is 1. The van der Waals surface area contributed by atoms with E-state index in [9.17, 15) is 19.8 Å². The van der Waals surface area contributed by atoms with Gasteiger partial charge in [-0.25, -0.2) is 10.0 Å². The first kappa shape index (κ1) is 36.1. The van der Waals surface area contributed by atoms with Crippen LogP contribution in [0.1, 0.15) is 15.9 Å². The topological polar surface area (TPSA) is 154 Å². The molecule has 0 aliphatic heterocycles. The lowest BCUT2D eigenvalue weighted by molar-refractivity contribution is 0.104. The third-order valence-electron chi connectivity index (χ3n) is 11.1. The average Bonchev–Trinajstić information content (AvgIpc) is 3.81. The summed E-state index contributed by atoms with van der Waals surface area (Å²) in [5, 5.41) is 46.6. The maximum Gasteiger partial charge on any atom is 0.264 e. The van der Waals surface area contributed by atoms with Crippen molar-refractivity contribution in [2.24, 2.45) is 20.5 Å². The minimum absolute atomic E-state index is 0.131. The van der Waals surface area contributed by atoms with Gasteiger partial charge in [0, 0.05) is 43.1 Å². The lowest BCUT2D eigenvalue weighted by Gasteiger charge is -2.24. The Balaban J connectivity index is 0.919. The molecule has 0 amide bonds. The van der Waals surface area contributed by atoms with Crippen molar-refractivity contribution in [3.05, 3.63) is 166 Å². The highest BCUT2D eigenvalue weighted by molar-refractivity contribution is 6.30. The summed E-state index contributed by atoms with van der Waals surface area (Å²) in [4.78, 5) is 38.2. The van der Waals surface area contributed by atoms with E-state index in [4.69, 9.17) is 21.4 Å². The number of phenols is 2. The van der Waals surface area contributed by atoms with Gasteiger partial charge >= 0.3 is 0 Å². The van der Waals surface area contributed by atoms with Gasteiger partial charge in [-0.1, -0.05) is 72.3 Å². The molecule has 0 spiro atoms. The molecule has 2 aromatic heterocycles. The van der Waals surface area contributed by atoms with Gasteiger partial charge in [-0.3, -0.25) is 18.8 Å². The highest BCUT2D eigenvalue weighted by Crippen LogP contribution is 2.47. The van der Waals surface area contributed by atoms with Gasteiger partial charge in [0.1, 0.15) is 28.5 Å². The second-order valence-corrected chi connectivity index (χ2v) is 15.0. The highest BCUT2D eigenvalue weighted by atomic mass is 35.5. The number of carbonyl (C=O) groups excluding carboxylic acids is 1. The van der Waals surface area contributed by atoms with Gasteiger partial charge in [-0.2, -0.15) is 10.2 Å². The van der Waals surface area contributed by atoms with Crippen molar-refractivity contribution in [3.63, 3.8) is 0 Å². The van der Waals surface area contributed by atoms with E-state index in [2.05, 4.69) is 20.5 Å². The van der Waals surface area contributed by atoms with Crippen LogP contribution < -0.4 is 10.6 Å². The fraction of sp³-hybridized carbons (Fsp3) is 0.0208. The van der Waals surface area contributed by atoms with E-state index in [-0.39, 0.29) is 34.2 Å². The number of imidazole rings is 1. The zero-order chi connectivity index (χ0) is 41.5. The van der Waals surface area contributed by atoms with Gasteiger partial charge in [0.25, 0.3) is 5.56 Å². The summed E-state index contributed by atoms with van der Waals surface area (Å²) in [7, 11) is 1.50. The van der Waals surface area contributed by atoms with E-state index in [1.807, 2.05) is 60.7 Å². The molecular formula is C48H28ClN7O5. The summed E-state index contributed by atoms with van der Waals surface area (Å²) >= 11 is 6.13. The predicted octanol–water partition coefficient (Wildman–Crippen LogP) is 12.6. The van der Waals surface area contributed by atoms with Crippen LogP contribution in [0, 0.1) is 0 Å². The van der Waals surface area contributed by atoms with Crippen LogP contribution in [0.3, 0.4) is 0 Å². The number of fused-ring (bicyclic) bond motifs is 8. The molecule has 2 heterocycles. The Hall–Kier alpha value is -8.06. The van der Waals surface area contributed by atoms with Crippen LogP contribution >= 0.6 is 11.6 Å².